The molecule has 2 amide bonds. The molecule has 37 heavy (non-hydrogen) atoms. The highest BCUT2D eigenvalue weighted by atomic mass is 16.5. The number of hydrogen-bond donors (Lipinski definition) is 1. The van der Waals surface area contributed by atoms with Gasteiger partial charge in [0.1, 0.15) is 30.9 Å². The van der Waals surface area contributed by atoms with Crippen molar-refractivity contribution in [2.75, 3.05) is 51.3 Å². The van der Waals surface area contributed by atoms with Crippen molar-refractivity contribution in [1.82, 2.24) is 15.1 Å². The fraction of sp³-hybridized carbons (Fsp3) is 0.679. The summed E-state index contributed by atoms with van der Waals surface area (Å²) in [5.74, 6) is -0.671. The normalized spacial score (nSPS) is 27.4. The number of Topliss-reactive ketones (excluding diaryl/α,β-unsaturated/α-hetero) is 1. The Morgan fingerprint density at radius 3 is 2.38 bits per heavy atom. The highest BCUT2D eigenvalue weighted by molar-refractivity contribution is 5.99. The monoisotopic (exact) mass is 512 g/mol. The van der Waals surface area contributed by atoms with Crippen LogP contribution in [0.5, 0.6) is 0 Å². The van der Waals surface area contributed by atoms with Crippen LogP contribution in [0.1, 0.15) is 50.4 Å². The number of carbonyl (C=O) groups excluding carboxylic acids is 3. The van der Waals surface area contributed by atoms with E-state index in [1.54, 1.807) is 12.0 Å². The average Bonchev–Trinajstić information content (AvgIpc) is 3.56. The molecular formula is C28H40N4O5. The predicted octanol–water partition coefficient (Wildman–Crippen LogP) is 1.70. The average molecular weight is 513 g/mol. The molecule has 4 aliphatic rings. The third-order valence-electron chi connectivity index (χ3n) is 8.02. The molecule has 1 aromatic carbocycles. The van der Waals surface area contributed by atoms with Crippen LogP contribution in [0.3, 0.4) is 0 Å². The zero-order valence-electron chi connectivity index (χ0n) is 22.4. The number of carbonyl (C=O) groups is 3. The number of methoxy groups -OCH3 is 1. The first kappa shape index (κ1) is 26.1. The third-order valence-corrected chi connectivity index (χ3v) is 8.02. The molecular weight excluding hydrogens is 472 g/mol. The minimum Gasteiger partial charge on any atom is -0.377 e. The van der Waals surface area contributed by atoms with Gasteiger partial charge in [-0.15, -0.1) is 0 Å². The molecule has 1 N–H and O–H groups in total. The lowest BCUT2D eigenvalue weighted by molar-refractivity contribution is -0.138. The van der Waals surface area contributed by atoms with E-state index in [1.807, 2.05) is 45.0 Å². The number of piperazine rings is 1. The van der Waals surface area contributed by atoms with Gasteiger partial charge in [-0.3, -0.25) is 19.3 Å². The van der Waals surface area contributed by atoms with Gasteiger partial charge in [0.15, 0.2) is 5.78 Å². The molecule has 0 unspecified atom stereocenters. The molecule has 1 saturated carbocycles. The number of nitrogens with one attached hydrogen (secondary N) is 1. The molecule has 0 bridgehead atoms. The molecule has 0 radical (unpaired) electrons. The molecule has 202 valence electrons. The summed E-state index contributed by atoms with van der Waals surface area (Å²) in [6.45, 7) is 10.5. The lowest BCUT2D eigenvalue weighted by atomic mass is 9.87. The minimum absolute atomic E-state index is 0.0166. The van der Waals surface area contributed by atoms with E-state index in [4.69, 9.17) is 9.47 Å². The van der Waals surface area contributed by atoms with Crippen LogP contribution in [0.2, 0.25) is 0 Å². The lowest BCUT2D eigenvalue weighted by Gasteiger charge is -2.36. The topological polar surface area (TPSA) is 91.4 Å². The Bertz CT molecular complexity index is 1010. The van der Waals surface area contributed by atoms with E-state index in [2.05, 4.69) is 15.1 Å². The maximum absolute atomic E-state index is 13.7. The molecule has 0 aromatic heterocycles. The summed E-state index contributed by atoms with van der Waals surface area (Å²) >= 11 is 0. The van der Waals surface area contributed by atoms with E-state index >= 15 is 0 Å². The molecule has 4 fully saturated rings. The maximum Gasteiger partial charge on any atom is 0.251 e. The summed E-state index contributed by atoms with van der Waals surface area (Å²) in [6, 6.07) is 7.03. The SMILES string of the molecule is CO[C@H]1CN(C(=O)[C@H](CC(C)(C)C)NC(=O)c2ccc(N3CCN(C4CC4)CC3)cc2)[C@@H]2C(=O)CO[C@H]12. The number of fused-ring (bicyclic) bond motifs is 1. The Morgan fingerprint density at radius 1 is 1.11 bits per heavy atom. The van der Waals surface area contributed by atoms with Gasteiger partial charge in [-0.1, -0.05) is 20.8 Å². The van der Waals surface area contributed by atoms with E-state index in [9.17, 15) is 14.4 Å². The van der Waals surface area contributed by atoms with Crippen LogP contribution < -0.4 is 10.2 Å². The summed E-state index contributed by atoms with van der Waals surface area (Å²) in [5, 5.41) is 2.97. The molecule has 5 rings (SSSR count). The molecule has 3 aliphatic heterocycles. The summed E-state index contributed by atoms with van der Waals surface area (Å²) in [7, 11) is 1.56. The molecule has 3 saturated heterocycles. The highest BCUT2D eigenvalue weighted by Crippen LogP contribution is 2.32. The van der Waals surface area contributed by atoms with Crippen LogP contribution in [0.15, 0.2) is 24.3 Å². The van der Waals surface area contributed by atoms with Crippen molar-refractivity contribution < 1.29 is 23.9 Å². The lowest BCUT2D eigenvalue weighted by Crippen LogP contribution is -2.53. The standard InChI is InChI=1S/C28H40N4O5/c1-28(2,3)15-21(27(35)32-16-23(36-4)25-24(32)22(33)17-37-25)29-26(34)18-5-7-19(8-6-18)30-11-13-31(14-12-30)20-9-10-20/h5-8,20-21,23-25H,9-17H2,1-4H3,(H,29,34)/t21-,23-,24+,25+/m0/s1. The first-order valence-corrected chi connectivity index (χ1v) is 13.5. The van der Waals surface area contributed by atoms with Gasteiger partial charge in [-0.25, -0.2) is 0 Å². The van der Waals surface area contributed by atoms with Crippen LogP contribution in [0, 0.1) is 5.41 Å². The number of rotatable bonds is 7. The van der Waals surface area contributed by atoms with Crippen molar-refractivity contribution in [3.8, 4) is 0 Å². The number of amides is 2. The molecule has 1 aliphatic carbocycles. The first-order chi connectivity index (χ1) is 17.6. The Labute approximate surface area is 219 Å². The van der Waals surface area contributed by atoms with Gasteiger partial charge in [0.2, 0.25) is 5.91 Å². The Hall–Kier alpha value is -2.49. The Balaban J connectivity index is 1.26. The van der Waals surface area contributed by atoms with Crippen LogP contribution in [0.25, 0.3) is 0 Å². The number of anilines is 1. The van der Waals surface area contributed by atoms with E-state index in [0.29, 0.717) is 12.0 Å². The fourth-order valence-electron chi connectivity index (χ4n) is 5.91. The molecule has 4 atom stereocenters. The number of likely N-dealkylation sites (tertiary alicyclic amines) is 1. The van der Waals surface area contributed by atoms with Gasteiger partial charge in [0.25, 0.3) is 5.91 Å². The van der Waals surface area contributed by atoms with Crippen molar-refractivity contribution in [3.05, 3.63) is 29.8 Å². The summed E-state index contributed by atoms with van der Waals surface area (Å²) < 4.78 is 11.1. The van der Waals surface area contributed by atoms with Crippen LogP contribution in [-0.4, -0.2) is 104 Å². The van der Waals surface area contributed by atoms with Gasteiger partial charge in [-0.05, 0) is 48.9 Å². The van der Waals surface area contributed by atoms with Crippen molar-refractivity contribution in [3.63, 3.8) is 0 Å². The van der Waals surface area contributed by atoms with E-state index < -0.39 is 18.2 Å². The quantitative estimate of drug-likeness (QED) is 0.595. The van der Waals surface area contributed by atoms with Crippen LogP contribution in [0.4, 0.5) is 5.69 Å². The van der Waals surface area contributed by atoms with E-state index in [0.717, 1.165) is 37.9 Å². The predicted molar refractivity (Wildman–Crippen MR) is 140 cm³/mol. The number of ketones is 1. The van der Waals surface area contributed by atoms with Crippen LogP contribution in [-0.2, 0) is 19.1 Å². The molecule has 0 spiro atoms. The van der Waals surface area contributed by atoms with Gasteiger partial charge >= 0.3 is 0 Å². The van der Waals surface area contributed by atoms with Crippen molar-refractivity contribution in [1.29, 1.82) is 0 Å². The Kier molecular flexibility index (Phi) is 7.31. The highest BCUT2D eigenvalue weighted by Gasteiger charge is 2.53. The number of benzene rings is 1. The first-order valence-electron chi connectivity index (χ1n) is 13.5. The number of ether oxygens (including phenoxy) is 2. The smallest absolute Gasteiger partial charge is 0.251 e. The van der Waals surface area contributed by atoms with Crippen LogP contribution >= 0.6 is 0 Å². The van der Waals surface area contributed by atoms with Crippen molar-refractivity contribution in [2.24, 2.45) is 5.41 Å². The van der Waals surface area contributed by atoms with Gasteiger partial charge in [0, 0.05) is 50.6 Å². The molecule has 9 heteroatoms. The maximum atomic E-state index is 13.7. The van der Waals surface area contributed by atoms with Crippen molar-refractivity contribution >= 4 is 23.3 Å². The zero-order valence-corrected chi connectivity index (χ0v) is 22.4. The van der Waals surface area contributed by atoms with Crippen molar-refractivity contribution in [2.45, 2.75) is 70.4 Å². The Morgan fingerprint density at radius 2 is 1.78 bits per heavy atom. The second-order valence-electron chi connectivity index (χ2n) is 12.0. The zero-order chi connectivity index (χ0) is 26.3. The molecule has 1 aromatic rings. The third kappa shape index (κ3) is 5.68. The van der Waals surface area contributed by atoms with Gasteiger partial charge in [-0.2, -0.15) is 0 Å². The van der Waals surface area contributed by atoms with Gasteiger partial charge in [0.05, 0.1) is 6.54 Å². The largest absolute Gasteiger partial charge is 0.377 e. The van der Waals surface area contributed by atoms with Gasteiger partial charge < -0.3 is 24.6 Å². The van der Waals surface area contributed by atoms with E-state index in [1.165, 1.54) is 12.8 Å². The number of hydrogen-bond acceptors (Lipinski definition) is 7. The molecule has 3 heterocycles. The second kappa shape index (κ2) is 10.3. The summed E-state index contributed by atoms with van der Waals surface area (Å²) in [5.41, 5.74) is 1.42. The summed E-state index contributed by atoms with van der Waals surface area (Å²) in [6.07, 6.45) is 2.30. The summed E-state index contributed by atoms with van der Waals surface area (Å²) in [4.78, 5) is 46.0. The fourth-order valence-corrected chi connectivity index (χ4v) is 5.91. The van der Waals surface area contributed by atoms with E-state index in [-0.39, 0.29) is 42.3 Å². The minimum atomic E-state index is -0.757. The number of nitrogens with zero attached hydrogens (tertiary/aromatic N) is 3. The second-order valence-corrected chi connectivity index (χ2v) is 12.0. The molecule has 9 nitrogen and oxygen atoms in total.